The fraction of sp³-hybridized carbons (Fsp3) is 0.0625. The van der Waals surface area contributed by atoms with Gasteiger partial charge in [-0.05, 0) is 18.2 Å². The summed E-state index contributed by atoms with van der Waals surface area (Å²) in [5, 5.41) is 19.1. The molecule has 0 bridgehead atoms. The first-order valence-electron chi connectivity index (χ1n) is 6.37. The lowest BCUT2D eigenvalue weighted by Gasteiger charge is -2.27. The number of nitrogens with zero attached hydrogens (tertiary/aromatic N) is 1. The lowest BCUT2D eigenvalue weighted by Crippen LogP contribution is -2.21. The number of halogens is 2. The SMILES string of the molecule is N#CC1=C(N)Oc2cc(O)ccc2[C@@H]1c1c(F)cccc1Cl. The first-order chi connectivity index (χ1) is 10.5. The van der Waals surface area contributed by atoms with Gasteiger partial charge in [0, 0.05) is 22.2 Å². The van der Waals surface area contributed by atoms with Crippen LogP contribution >= 0.6 is 11.6 Å². The van der Waals surface area contributed by atoms with Crippen molar-refractivity contribution in [3.8, 4) is 17.6 Å². The minimum atomic E-state index is -0.789. The van der Waals surface area contributed by atoms with Crippen LogP contribution in [0.4, 0.5) is 4.39 Å². The Labute approximate surface area is 130 Å². The largest absolute Gasteiger partial charge is 0.508 e. The number of phenolic OH excluding ortho intramolecular Hbond substituents is 1. The Kier molecular flexibility index (Phi) is 3.39. The summed E-state index contributed by atoms with van der Waals surface area (Å²) in [6.07, 6.45) is 0. The van der Waals surface area contributed by atoms with Crippen LogP contribution in [0.2, 0.25) is 5.02 Å². The van der Waals surface area contributed by atoms with Crippen molar-refractivity contribution >= 4 is 11.6 Å². The Balaban J connectivity index is 2.31. The molecule has 0 aliphatic carbocycles. The minimum absolute atomic E-state index is 0.0228. The molecular weight excluding hydrogens is 307 g/mol. The van der Waals surface area contributed by atoms with Crippen molar-refractivity contribution in [1.82, 2.24) is 0 Å². The molecule has 0 aromatic heterocycles. The second kappa shape index (κ2) is 5.24. The highest BCUT2D eigenvalue weighted by atomic mass is 35.5. The zero-order valence-electron chi connectivity index (χ0n) is 11.2. The van der Waals surface area contributed by atoms with Crippen LogP contribution in [0.25, 0.3) is 0 Å². The highest BCUT2D eigenvalue weighted by Crippen LogP contribution is 2.45. The summed E-state index contributed by atoms with van der Waals surface area (Å²) < 4.78 is 19.7. The minimum Gasteiger partial charge on any atom is -0.508 e. The molecule has 3 rings (SSSR count). The molecule has 0 amide bonds. The van der Waals surface area contributed by atoms with Crippen molar-refractivity contribution in [1.29, 1.82) is 5.26 Å². The lowest BCUT2D eigenvalue weighted by atomic mass is 9.83. The summed E-state index contributed by atoms with van der Waals surface area (Å²) in [5.74, 6) is -1.22. The topological polar surface area (TPSA) is 79.3 Å². The summed E-state index contributed by atoms with van der Waals surface area (Å²) in [6, 6.07) is 10.6. The average molecular weight is 317 g/mol. The van der Waals surface area contributed by atoms with Crippen molar-refractivity contribution < 1.29 is 14.2 Å². The van der Waals surface area contributed by atoms with E-state index < -0.39 is 11.7 Å². The number of benzene rings is 2. The van der Waals surface area contributed by atoms with E-state index in [1.54, 1.807) is 12.1 Å². The van der Waals surface area contributed by atoms with Crippen LogP contribution in [0, 0.1) is 17.1 Å². The van der Waals surface area contributed by atoms with E-state index in [-0.39, 0.29) is 33.5 Å². The number of allylic oxidation sites excluding steroid dienone is 1. The maximum Gasteiger partial charge on any atom is 0.205 e. The van der Waals surface area contributed by atoms with Gasteiger partial charge in [0.1, 0.15) is 29.0 Å². The van der Waals surface area contributed by atoms with E-state index in [2.05, 4.69) is 0 Å². The normalized spacial score (nSPS) is 16.7. The van der Waals surface area contributed by atoms with Crippen molar-refractivity contribution in [3.05, 3.63) is 69.8 Å². The molecule has 0 fully saturated rings. The van der Waals surface area contributed by atoms with Crippen LogP contribution in [0.15, 0.2) is 47.9 Å². The summed E-state index contributed by atoms with van der Waals surface area (Å²) >= 11 is 6.13. The molecule has 0 spiro atoms. The molecule has 0 saturated heterocycles. The third-order valence-electron chi connectivity index (χ3n) is 3.49. The molecule has 1 heterocycles. The van der Waals surface area contributed by atoms with E-state index in [0.29, 0.717) is 5.56 Å². The van der Waals surface area contributed by atoms with Gasteiger partial charge in [0.05, 0.1) is 5.92 Å². The van der Waals surface area contributed by atoms with Gasteiger partial charge < -0.3 is 15.6 Å². The highest BCUT2D eigenvalue weighted by molar-refractivity contribution is 6.31. The molecule has 1 atom stereocenters. The number of ether oxygens (including phenoxy) is 1. The second-order valence-electron chi connectivity index (χ2n) is 4.78. The summed E-state index contributed by atoms with van der Waals surface area (Å²) in [6.45, 7) is 0. The smallest absolute Gasteiger partial charge is 0.205 e. The molecule has 3 N–H and O–H groups in total. The van der Waals surface area contributed by atoms with Crippen LogP contribution < -0.4 is 10.5 Å². The highest BCUT2D eigenvalue weighted by Gasteiger charge is 2.33. The summed E-state index contributed by atoms with van der Waals surface area (Å²) in [4.78, 5) is 0. The Hall–Kier alpha value is -2.71. The average Bonchev–Trinajstić information content (AvgIpc) is 2.46. The van der Waals surface area contributed by atoms with Crippen molar-refractivity contribution in [3.63, 3.8) is 0 Å². The maximum absolute atomic E-state index is 14.3. The number of hydrogen-bond acceptors (Lipinski definition) is 4. The Morgan fingerprint density at radius 2 is 2.09 bits per heavy atom. The Morgan fingerprint density at radius 3 is 2.77 bits per heavy atom. The third kappa shape index (κ3) is 2.14. The maximum atomic E-state index is 14.3. The number of nitriles is 1. The monoisotopic (exact) mass is 316 g/mol. The zero-order chi connectivity index (χ0) is 15.9. The van der Waals surface area contributed by atoms with E-state index >= 15 is 0 Å². The molecule has 2 aromatic rings. The van der Waals surface area contributed by atoms with Crippen molar-refractivity contribution in [2.24, 2.45) is 5.73 Å². The number of rotatable bonds is 1. The molecule has 4 nitrogen and oxygen atoms in total. The van der Waals surface area contributed by atoms with Gasteiger partial charge in [-0.15, -0.1) is 0 Å². The zero-order valence-corrected chi connectivity index (χ0v) is 11.9. The first kappa shape index (κ1) is 14.2. The van der Waals surface area contributed by atoms with E-state index in [1.807, 2.05) is 6.07 Å². The fourth-order valence-corrected chi connectivity index (χ4v) is 2.80. The quantitative estimate of drug-likeness (QED) is 0.845. The lowest BCUT2D eigenvalue weighted by molar-refractivity contribution is 0.387. The van der Waals surface area contributed by atoms with E-state index in [4.69, 9.17) is 22.1 Å². The van der Waals surface area contributed by atoms with Crippen LogP contribution in [-0.4, -0.2) is 5.11 Å². The molecule has 0 saturated carbocycles. The number of fused-ring (bicyclic) bond motifs is 1. The molecule has 2 aromatic carbocycles. The van der Waals surface area contributed by atoms with Crippen LogP contribution in [-0.2, 0) is 0 Å². The first-order valence-corrected chi connectivity index (χ1v) is 6.75. The van der Waals surface area contributed by atoms with Crippen LogP contribution in [0.5, 0.6) is 11.5 Å². The van der Waals surface area contributed by atoms with Gasteiger partial charge in [-0.1, -0.05) is 23.7 Å². The van der Waals surface area contributed by atoms with Crippen molar-refractivity contribution in [2.45, 2.75) is 5.92 Å². The molecule has 22 heavy (non-hydrogen) atoms. The molecule has 110 valence electrons. The fourth-order valence-electron chi connectivity index (χ4n) is 2.53. The second-order valence-corrected chi connectivity index (χ2v) is 5.19. The van der Waals surface area contributed by atoms with Gasteiger partial charge in [-0.3, -0.25) is 0 Å². The third-order valence-corrected chi connectivity index (χ3v) is 3.82. The molecule has 1 aliphatic heterocycles. The van der Waals surface area contributed by atoms with Gasteiger partial charge >= 0.3 is 0 Å². The Morgan fingerprint density at radius 1 is 1.32 bits per heavy atom. The molecule has 0 radical (unpaired) electrons. The van der Waals surface area contributed by atoms with Gasteiger partial charge in [-0.25, -0.2) is 4.39 Å². The number of phenols is 1. The molecular formula is C16H10ClFN2O2. The Bertz CT molecular complexity index is 822. The standard InChI is InChI=1S/C16H10ClFN2O2/c17-11-2-1-3-12(18)15(11)14-9-5-4-8(21)6-13(9)22-16(20)10(14)7-19/h1-6,14,21H,20H2/t14-/m0/s1. The van der Waals surface area contributed by atoms with Crippen LogP contribution in [0.1, 0.15) is 17.0 Å². The number of nitrogens with two attached hydrogens (primary N) is 1. The van der Waals surface area contributed by atoms with Crippen molar-refractivity contribution in [2.75, 3.05) is 0 Å². The molecule has 1 aliphatic rings. The van der Waals surface area contributed by atoms with Gasteiger partial charge in [-0.2, -0.15) is 5.26 Å². The van der Waals surface area contributed by atoms with E-state index in [0.717, 1.165) is 0 Å². The van der Waals surface area contributed by atoms with Gasteiger partial charge in [0.15, 0.2) is 0 Å². The summed E-state index contributed by atoms with van der Waals surface area (Å²) in [7, 11) is 0. The van der Waals surface area contributed by atoms with Gasteiger partial charge in [0.2, 0.25) is 5.88 Å². The number of aromatic hydroxyl groups is 1. The van der Waals surface area contributed by atoms with Gasteiger partial charge in [0.25, 0.3) is 0 Å². The van der Waals surface area contributed by atoms with E-state index in [9.17, 15) is 14.8 Å². The number of hydrogen-bond donors (Lipinski definition) is 2. The predicted octanol–water partition coefficient (Wildman–Crippen LogP) is 3.40. The summed E-state index contributed by atoms with van der Waals surface area (Å²) in [5.41, 5.74) is 6.51. The van der Waals surface area contributed by atoms with Crippen LogP contribution in [0.3, 0.4) is 0 Å². The molecule has 0 unspecified atom stereocenters. The predicted molar refractivity (Wildman–Crippen MR) is 78.8 cm³/mol. The molecule has 6 heteroatoms. The van der Waals surface area contributed by atoms with E-state index in [1.165, 1.54) is 24.3 Å².